The van der Waals surface area contributed by atoms with Crippen LogP contribution >= 0.6 is 0 Å². The highest BCUT2D eigenvalue weighted by atomic mass is 19.1. The quantitative estimate of drug-likeness (QED) is 0.429. The summed E-state index contributed by atoms with van der Waals surface area (Å²) in [5.74, 6) is -1.28. The van der Waals surface area contributed by atoms with Gasteiger partial charge >= 0.3 is 0 Å². The largest absolute Gasteiger partial charge is 0.373 e. The van der Waals surface area contributed by atoms with Crippen molar-refractivity contribution in [3.63, 3.8) is 0 Å². The zero-order valence-corrected chi connectivity index (χ0v) is 18.3. The fourth-order valence-corrected chi connectivity index (χ4v) is 3.64. The second kappa shape index (κ2) is 9.48. The number of aryl methyl sites for hydroxylation is 3. The number of benzene rings is 1. The van der Waals surface area contributed by atoms with E-state index in [0.29, 0.717) is 22.8 Å². The molecule has 8 heteroatoms. The summed E-state index contributed by atoms with van der Waals surface area (Å²) >= 11 is 0. The van der Waals surface area contributed by atoms with Crippen LogP contribution in [0.1, 0.15) is 42.3 Å². The Hall–Kier alpha value is -3.26. The Kier molecular flexibility index (Phi) is 6.50. The number of fused-ring (bicyclic) bond motifs is 1. The maximum Gasteiger partial charge on any atom is 0.135 e. The van der Waals surface area contributed by atoms with E-state index in [1.165, 1.54) is 30.5 Å². The SMILES string of the molecule is Cc1nc2ccnc(-c3ccc(F)cc3F)c2nc1C.Cn1cc(C2CCCCO2)cn1. The molecule has 1 atom stereocenters. The van der Waals surface area contributed by atoms with Gasteiger partial charge in [-0.25, -0.2) is 18.7 Å². The highest BCUT2D eigenvalue weighted by molar-refractivity contribution is 5.89. The molecule has 1 aromatic carbocycles. The molecule has 4 aromatic rings. The van der Waals surface area contributed by atoms with Crippen LogP contribution in [0.15, 0.2) is 42.9 Å². The molecule has 1 fully saturated rings. The van der Waals surface area contributed by atoms with E-state index in [-0.39, 0.29) is 5.56 Å². The van der Waals surface area contributed by atoms with Crippen LogP contribution in [0.4, 0.5) is 8.78 Å². The van der Waals surface area contributed by atoms with Gasteiger partial charge in [0.05, 0.1) is 29.2 Å². The van der Waals surface area contributed by atoms with Gasteiger partial charge in [-0.1, -0.05) is 0 Å². The molecule has 3 aromatic heterocycles. The van der Waals surface area contributed by atoms with Crippen molar-refractivity contribution in [1.29, 1.82) is 0 Å². The van der Waals surface area contributed by atoms with Gasteiger partial charge in [0.2, 0.25) is 0 Å². The lowest BCUT2D eigenvalue weighted by molar-refractivity contribution is 0.0149. The standard InChI is InChI=1S/C15H11F2N3.C9H14N2O/c1-8-9(2)20-15-13(19-8)5-6-18-14(15)11-4-3-10(16)7-12(11)17;1-11-7-8(6-10-11)9-4-2-3-5-12-9/h3-7H,1-2H3;6-7,9H,2-5H2,1H3. The van der Waals surface area contributed by atoms with Crippen LogP contribution in [0.25, 0.3) is 22.3 Å². The fourth-order valence-electron chi connectivity index (χ4n) is 3.64. The molecule has 1 saturated heterocycles. The number of ether oxygens (including phenoxy) is 1. The number of rotatable bonds is 2. The minimum absolute atomic E-state index is 0.217. The molecular weight excluding hydrogens is 412 g/mol. The van der Waals surface area contributed by atoms with Crippen molar-refractivity contribution in [3.05, 3.63) is 71.4 Å². The van der Waals surface area contributed by atoms with Gasteiger partial charge in [0, 0.05) is 43.2 Å². The van der Waals surface area contributed by atoms with Crippen LogP contribution in [0.3, 0.4) is 0 Å². The molecule has 32 heavy (non-hydrogen) atoms. The fraction of sp³-hybridized carbons (Fsp3) is 0.333. The molecule has 0 radical (unpaired) electrons. The van der Waals surface area contributed by atoms with E-state index >= 15 is 0 Å². The Morgan fingerprint density at radius 3 is 2.56 bits per heavy atom. The first-order valence-corrected chi connectivity index (χ1v) is 10.6. The van der Waals surface area contributed by atoms with E-state index in [2.05, 4.69) is 20.1 Å². The van der Waals surface area contributed by atoms with Crippen LogP contribution in [-0.4, -0.2) is 31.3 Å². The predicted molar refractivity (Wildman–Crippen MR) is 118 cm³/mol. The summed E-state index contributed by atoms with van der Waals surface area (Å²) in [7, 11) is 1.94. The molecule has 6 nitrogen and oxygen atoms in total. The second-order valence-electron chi connectivity index (χ2n) is 7.85. The maximum atomic E-state index is 13.9. The summed E-state index contributed by atoms with van der Waals surface area (Å²) in [5.41, 5.74) is 4.54. The monoisotopic (exact) mass is 437 g/mol. The van der Waals surface area contributed by atoms with Gasteiger partial charge in [-0.05, 0) is 51.3 Å². The van der Waals surface area contributed by atoms with Gasteiger partial charge in [0.25, 0.3) is 0 Å². The van der Waals surface area contributed by atoms with Gasteiger partial charge in [-0.15, -0.1) is 0 Å². The van der Waals surface area contributed by atoms with Crippen LogP contribution in [0.5, 0.6) is 0 Å². The smallest absolute Gasteiger partial charge is 0.135 e. The third-order valence-electron chi connectivity index (χ3n) is 5.46. The third-order valence-corrected chi connectivity index (χ3v) is 5.46. The van der Waals surface area contributed by atoms with Crippen molar-refractivity contribution in [2.75, 3.05) is 6.61 Å². The van der Waals surface area contributed by atoms with Crippen molar-refractivity contribution in [3.8, 4) is 11.3 Å². The van der Waals surface area contributed by atoms with Crippen molar-refractivity contribution in [2.24, 2.45) is 7.05 Å². The van der Waals surface area contributed by atoms with Crippen molar-refractivity contribution in [2.45, 2.75) is 39.2 Å². The molecule has 0 spiro atoms. The topological polar surface area (TPSA) is 65.7 Å². The van der Waals surface area contributed by atoms with Crippen LogP contribution in [0.2, 0.25) is 0 Å². The Bertz CT molecular complexity index is 1230. The molecule has 5 rings (SSSR count). The molecule has 0 saturated carbocycles. The highest BCUT2D eigenvalue weighted by Crippen LogP contribution is 2.28. The van der Waals surface area contributed by atoms with Crippen molar-refractivity contribution in [1.82, 2.24) is 24.7 Å². The number of aromatic nitrogens is 5. The Morgan fingerprint density at radius 1 is 1.06 bits per heavy atom. The average molecular weight is 437 g/mol. The van der Waals surface area contributed by atoms with Crippen LogP contribution in [-0.2, 0) is 11.8 Å². The number of halogens is 2. The van der Waals surface area contributed by atoms with E-state index in [1.54, 1.807) is 12.3 Å². The zero-order valence-electron chi connectivity index (χ0n) is 18.3. The van der Waals surface area contributed by atoms with E-state index in [4.69, 9.17) is 4.74 Å². The first-order chi connectivity index (χ1) is 15.4. The molecule has 4 heterocycles. The Labute approximate surface area is 185 Å². The number of pyridine rings is 1. The summed E-state index contributed by atoms with van der Waals surface area (Å²) < 4.78 is 34.4. The molecular formula is C24H25F2N5O. The lowest BCUT2D eigenvalue weighted by atomic mass is 10.0. The minimum atomic E-state index is -0.662. The van der Waals surface area contributed by atoms with E-state index < -0.39 is 11.6 Å². The average Bonchev–Trinajstić information content (AvgIpc) is 3.22. The Balaban J connectivity index is 0.000000174. The predicted octanol–water partition coefficient (Wildman–Crippen LogP) is 5.25. The molecule has 0 amide bonds. The number of hydrogen-bond acceptors (Lipinski definition) is 5. The maximum absolute atomic E-state index is 13.9. The van der Waals surface area contributed by atoms with E-state index in [0.717, 1.165) is 30.5 Å². The van der Waals surface area contributed by atoms with E-state index in [1.807, 2.05) is 38.0 Å². The molecule has 1 aliphatic heterocycles. The van der Waals surface area contributed by atoms with Crippen LogP contribution in [0, 0.1) is 25.5 Å². The summed E-state index contributed by atoms with van der Waals surface area (Å²) in [6, 6.07) is 5.13. The molecule has 0 N–H and O–H groups in total. The molecule has 0 bridgehead atoms. The zero-order chi connectivity index (χ0) is 22.7. The number of hydrogen-bond donors (Lipinski definition) is 0. The normalized spacial score (nSPS) is 16.0. The first kappa shape index (κ1) is 22.0. The lowest BCUT2D eigenvalue weighted by Crippen LogP contribution is -2.10. The third kappa shape index (κ3) is 4.80. The van der Waals surface area contributed by atoms with Gasteiger partial charge in [0.15, 0.2) is 0 Å². The van der Waals surface area contributed by atoms with Gasteiger partial charge in [-0.2, -0.15) is 5.10 Å². The number of nitrogens with zero attached hydrogens (tertiary/aromatic N) is 5. The summed E-state index contributed by atoms with van der Waals surface area (Å²) in [4.78, 5) is 13.0. The summed E-state index contributed by atoms with van der Waals surface area (Å²) in [6.45, 7) is 4.60. The minimum Gasteiger partial charge on any atom is -0.373 e. The summed E-state index contributed by atoms with van der Waals surface area (Å²) in [5, 5.41) is 4.13. The van der Waals surface area contributed by atoms with Crippen molar-refractivity contribution >= 4 is 11.0 Å². The van der Waals surface area contributed by atoms with Gasteiger partial charge in [-0.3, -0.25) is 9.67 Å². The lowest BCUT2D eigenvalue weighted by Gasteiger charge is -2.21. The van der Waals surface area contributed by atoms with E-state index in [9.17, 15) is 8.78 Å². The highest BCUT2D eigenvalue weighted by Gasteiger charge is 2.17. The molecule has 1 unspecified atom stereocenters. The van der Waals surface area contributed by atoms with Gasteiger partial charge in [0.1, 0.15) is 22.8 Å². The molecule has 1 aliphatic rings. The second-order valence-corrected chi connectivity index (χ2v) is 7.85. The van der Waals surface area contributed by atoms with Gasteiger partial charge < -0.3 is 4.74 Å². The summed E-state index contributed by atoms with van der Waals surface area (Å²) in [6.07, 6.45) is 9.41. The molecule has 0 aliphatic carbocycles. The molecule has 166 valence electrons. The van der Waals surface area contributed by atoms with Crippen molar-refractivity contribution < 1.29 is 13.5 Å². The van der Waals surface area contributed by atoms with Crippen LogP contribution < -0.4 is 0 Å². The first-order valence-electron chi connectivity index (χ1n) is 10.6. The Morgan fingerprint density at radius 2 is 1.88 bits per heavy atom.